The van der Waals surface area contributed by atoms with Crippen LogP contribution in [0.2, 0.25) is 0 Å². The molecule has 0 unspecified atom stereocenters. The summed E-state index contributed by atoms with van der Waals surface area (Å²) < 4.78 is 44.8. The normalized spacial score (nSPS) is 10.9. The van der Waals surface area contributed by atoms with Crippen LogP contribution in [-0.2, 0) is 4.74 Å². The van der Waals surface area contributed by atoms with E-state index >= 15 is 0 Å². The average molecular weight is 355 g/mol. The van der Waals surface area contributed by atoms with Crippen molar-refractivity contribution in [3.8, 4) is 5.75 Å². The number of aromatic nitrogens is 2. The number of hydrogen-bond donors (Lipinski definition) is 1. The molecule has 0 aliphatic rings. The summed E-state index contributed by atoms with van der Waals surface area (Å²) in [5.74, 6) is -2.01. The summed E-state index contributed by atoms with van der Waals surface area (Å²) in [5.41, 5.74) is -0.351. The SMILES string of the molecule is CCOC(=O)c1nccnc1C(=O)Nc1ccc(OC(F)(F)F)cc1. The van der Waals surface area contributed by atoms with Gasteiger partial charge in [0.25, 0.3) is 5.91 Å². The minimum atomic E-state index is -4.81. The lowest BCUT2D eigenvalue weighted by atomic mass is 10.2. The number of rotatable bonds is 5. The second-order valence-corrected chi connectivity index (χ2v) is 4.50. The highest BCUT2D eigenvalue weighted by Crippen LogP contribution is 2.24. The van der Waals surface area contributed by atoms with Gasteiger partial charge in [0.1, 0.15) is 5.75 Å². The van der Waals surface area contributed by atoms with E-state index in [1.165, 1.54) is 24.5 Å². The van der Waals surface area contributed by atoms with Gasteiger partial charge in [0.05, 0.1) is 6.61 Å². The van der Waals surface area contributed by atoms with E-state index in [4.69, 9.17) is 4.74 Å². The molecule has 1 N–H and O–H groups in total. The van der Waals surface area contributed by atoms with Crippen LogP contribution in [-0.4, -0.2) is 34.8 Å². The molecule has 0 saturated carbocycles. The van der Waals surface area contributed by atoms with E-state index in [1.807, 2.05) is 0 Å². The Hall–Kier alpha value is -3.17. The van der Waals surface area contributed by atoms with E-state index < -0.39 is 24.0 Å². The largest absolute Gasteiger partial charge is 0.573 e. The Morgan fingerprint density at radius 1 is 1.08 bits per heavy atom. The molecule has 2 rings (SSSR count). The van der Waals surface area contributed by atoms with Crippen molar-refractivity contribution >= 4 is 17.6 Å². The third-order valence-electron chi connectivity index (χ3n) is 2.73. The van der Waals surface area contributed by atoms with Crippen molar-refractivity contribution in [2.75, 3.05) is 11.9 Å². The first-order valence-electron chi connectivity index (χ1n) is 6.95. The maximum Gasteiger partial charge on any atom is 0.573 e. The van der Waals surface area contributed by atoms with Crippen LogP contribution in [0.4, 0.5) is 18.9 Å². The van der Waals surface area contributed by atoms with E-state index in [0.717, 1.165) is 12.1 Å². The molecule has 0 aliphatic heterocycles. The lowest BCUT2D eigenvalue weighted by Gasteiger charge is -2.10. The maximum atomic E-state index is 12.2. The molecule has 2 aromatic rings. The number of esters is 1. The monoisotopic (exact) mass is 355 g/mol. The van der Waals surface area contributed by atoms with Crippen molar-refractivity contribution in [2.45, 2.75) is 13.3 Å². The summed E-state index contributed by atoms with van der Waals surface area (Å²) in [5, 5.41) is 2.40. The third-order valence-corrected chi connectivity index (χ3v) is 2.73. The molecule has 7 nitrogen and oxygen atoms in total. The first kappa shape index (κ1) is 18.2. The number of amides is 1. The zero-order valence-electron chi connectivity index (χ0n) is 12.8. The van der Waals surface area contributed by atoms with E-state index in [9.17, 15) is 22.8 Å². The number of ether oxygens (including phenoxy) is 2. The quantitative estimate of drug-likeness (QED) is 0.830. The Balaban J connectivity index is 2.14. The minimum absolute atomic E-state index is 0.0944. The minimum Gasteiger partial charge on any atom is -0.461 e. The van der Waals surface area contributed by atoms with Gasteiger partial charge in [-0.05, 0) is 31.2 Å². The van der Waals surface area contributed by atoms with Crippen LogP contribution in [0, 0.1) is 0 Å². The van der Waals surface area contributed by atoms with Crippen LogP contribution in [0.5, 0.6) is 5.75 Å². The lowest BCUT2D eigenvalue weighted by Crippen LogP contribution is -2.21. The second kappa shape index (κ2) is 7.60. The van der Waals surface area contributed by atoms with Gasteiger partial charge in [0.2, 0.25) is 0 Å². The number of carbonyl (C=O) groups excluding carboxylic acids is 2. The molecule has 0 spiro atoms. The number of carbonyl (C=O) groups is 2. The molecule has 0 aliphatic carbocycles. The molecule has 25 heavy (non-hydrogen) atoms. The number of benzene rings is 1. The lowest BCUT2D eigenvalue weighted by molar-refractivity contribution is -0.274. The van der Waals surface area contributed by atoms with Gasteiger partial charge in [-0.3, -0.25) is 4.79 Å². The van der Waals surface area contributed by atoms with Crippen LogP contribution in [0.15, 0.2) is 36.7 Å². The van der Waals surface area contributed by atoms with Crippen molar-refractivity contribution in [3.63, 3.8) is 0 Å². The predicted molar refractivity (Wildman–Crippen MR) is 79.1 cm³/mol. The fourth-order valence-corrected chi connectivity index (χ4v) is 1.78. The number of nitrogens with one attached hydrogen (secondary N) is 1. The number of anilines is 1. The Bertz CT molecular complexity index is 763. The zero-order valence-corrected chi connectivity index (χ0v) is 12.8. The van der Waals surface area contributed by atoms with Gasteiger partial charge in [-0.25, -0.2) is 14.8 Å². The molecule has 0 bridgehead atoms. The highest BCUT2D eigenvalue weighted by atomic mass is 19.4. The zero-order chi connectivity index (χ0) is 18.4. The van der Waals surface area contributed by atoms with Crippen LogP contribution in [0.3, 0.4) is 0 Å². The van der Waals surface area contributed by atoms with Crippen molar-refractivity contribution < 1.29 is 32.2 Å². The van der Waals surface area contributed by atoms with Gasteiger partial charge in [-0.1, -0.05) is 0 Å². The molecule has 132 valence electrons. The smallest absolute Gasteiger partial charge is 0.461 e. The highest BCUT2D eigenvalue weighted by molar-refractivity contribution is 6.08. The Morgan fingerprint density at radius 3 is 2.24 bits per heavy atom. The Kier molecular flexibility index (Phi) is 5.52. The van der Waals surface area contributed by atoms with E-state index in [2.05, 4.69) is 20.0 Å². The summed E-state index contributed by atoms with van der Waals surface area (Å²) in [6.45, 7) is 1.69. The molecular formula is C15H12F3N3O4. The van der Waals surface area contributed by atoms with Crippen molar-refractivity contribution in [1.29, 1.82) is 0 Å². The van der Waals surface area contributed by atoms with E-state index in [-0.39, 0.29) is 23.7 Å². The summed E-state index contributed by atoms with van der Waals surface area (Å²) in [6, 6.07) is 4.48. The Labute approximate surface area is 139 Å². The molecule has 1 heterocycles. The molecule has 0 saturated heterocycles. The van der Waals surface area contributed by atoms with Crippen molar-refractivity contribution in [2.24, 2.45) is 0 Å². The molecule has 10 heteroatoms. The third kappa shape index (κ3) is 5.16. The highest BCUT2D eigenvalue weighted by Gasteiger charge is 2.31. The van der Waals surface area contributed by atoms with Gasteiger partial charge in [0.15, 0.2) is 11.4 Å². The number of hydrogen-bond acceptors (Lipinski definition) is 6. The van der Waals surface area contributed by atoms with E-state index in [1.54, 1.807) is 6.92 Å². The fraction of sp³-hybridized carbons (Fsp3) is 0.200. The first-order valence-corrected chi connectivity index (χ1v) is 6.95. The summed E-state index contributed by atoms with van der Waals surface area (Å²) in [7, 11) is 0. The van der Waals surface area contributed by atoms with Gasteiger partial charge >= 0.3 is 12.3 Å². The number of nitrogens with zero attached hydrogens (tertiary/aromatic N) is 2. The number of alkyl halides is 3. The van der Waals surface area contributed by atoms with Gasteiger partial charge in [0, 0.05) is 18.1 Å². The molecule has 1 amide bonds. The molecule has 1 aromatic heterocycles. The predicted octanol–water partition coefficient (Wildman–Crippen LogP) is 2.80. The molecular weight excluding hydrogens is 343 g/mol. The molecule has 0 atom stereocenters. The molecule has 0 radical (unpaired) electrons. The van der Waals surface area contributed by atoms with Crippen LogP contribution >= 0.6 is 0 Å². The first-order chi connectivity index (χ1) is 11.8. The van der Waals surface area contributed by atoms with Crippen LogP contribution in [0.25, 0.3) is 0 Å². The van der Waals surface area contributed by atoms with Crippen LogP contribution < -0.4 is 10.1 Å². The fourth-order valence-electron chi connectivity index (χ4n) is 1.78. The number of halogens is 3. The Morgan fingerprint density at radius 2 is 1.68 bits per heavy atom. The topological polar surface area (TPSA) is 90.4 Å². The summed E-state index contributed by atoms with van der Waals surface area (Å²) >= 11 is 0. The van der Waals surface area contributed by atoms with Gasteiger partial charge < -0.3 is 14.8 Å². The summed E-state index contributed by atoms with van der Waals surface area (Å²) in [6.07, 6.45) is -2.36. The molecule has 1 aromatic carbocycles. The van der Waals surface area contributed by atoms with Gasteiger partial charge in [-0.15, -0.1) is 13.2 Å². The van der Waals surface area contributed by atoms with E-state index in [0.29, 0.717) is 0 Å². The molecule has 0 fully saturated rings. The standard InChI is InChI=1S/C15H12F3N3O4/c1-2-24-14(23)12-11(19-7-8-20-12)13(22)21-9-3-5-10(6-4-9)25-15(16,17)18/h3-8H,2H2,1H3,(H,21,22). The van der Waals surface area contributed by atoms with Crippen molar-refractivity contribution in [1.82, 2.24) is 9.97 Å². The maximum absolute atomic E-state index is 12.2. The van der Waals surface area contributed by atoms with Crippen molar-refractivity contribution in [3.05, 3.63) is 48.0 Å². The average Bonchev–Trinajstić information content (AvgIpc) is 2.55. The second-order valence-electron chi connectivity index (χ2n) is 4.50. The van der Waals surface area contributed by atoms with Gasteiger partial charge in [-0.2, -0.15) is 0 Å². The summed E-state index contributed by atoms with van der Waals surface area (Å²) in [4.78, 5) is 31.6. The van der Waals surface area contributed by atoms with Crippen LogP contribution in [0.1, 0.15) is 27.9 Å².